The van der Waals surface area contributed by atoms with Crippen LogP contribution in [-0.4, -0.2) is 20.0 Å². The van der Waals surface area contributed by atoms with Crippen molar-refractivity contribution in [1.29, 1.82) is 0 Å². The molecule has 0 unspecified atom stereocenters. The number of nitrogens with one attached hydrogen (secondary N) is 1. The highest BCUT2D eigenvalue weighted by Gasteiger charge is 2.18. The van der Waals surface area contributed by atoms with Gasteiger partial charge in [0.05, 0.1) is 17.3 Å². The predicted molar refractivity (Wildman–Crippen MR) is 82.7 cm³/mol. The number of sulfonamides is 1. The molecular weight excluding hydrogens is 335 g/mol. The molecule has 0 radical (unpaired) electrons. The molecule has 0 saturated heterocycles. The summed E-state index contributed by atoms with van der Waals surface area (Å²) < 4.78 is 32.4. The standard InChI is InChI=1S/C13H12Cl2N2O3S/c1-2-20-12-6-4-3-5-11(12)17-21(18,19)9-7-10(14)13(15)16-8-9/h3-8,17H,2H2,1H3. The van der Waals surface area contributed by atoms with Gasteiger partial charge in [-0.2, -0.15) is 0 Å². The number of nitrogens with zero attached hydrogens (tertiary/aromatic N) is 1. The summed E-state index contributed by atoms with van der Waals surface area (Å²) in [7, 11) is -3.83. The first-order valence-corrected chi connectivity index (χ1v) is 8.23. The van der Waals surface area contributed by atoms with Gasteiger partial charge in [-0.3, -0.25) is 4.72 Å². The minimum absolute atomic E-state index is 0.0466. The predicted octanol–water partition coefficient (Wildman–Crippen LogP) is 3.59. The summed E-state index contributed by atoms with van der Waals surface area (Å²) in [5, 5.41) is 0.114. The van der Waals surface area contributed by atoms with Crippen LogP contribution in [0.15, 0.2) is 41.4 Å². The van der Waals surface area contributed by atoms with Gasteiger partial charge in [0.15, 0.2) is 0 Å². The second-order valence-electron chi connectivity index (χ2n) is 3.98. The molecular formula is C13H12Cl2N2O3S. The Bertz CT molecular complexity index is 751. The van der Waals surface area contributed by atoms with Crippen LogP contribution in [0.3, 0.4) is 0 Å². The van der Waals surface area contributed by atoms with Crippen molar-refractivity contribution >= 4 is 38.9 Å². The van der Waals surface area contributed by atoms with Gasteiger partial charge in [-0.1, -0.05) is 35.3 Å². The molecule has 0 aliphatic rings. The van der Waals surface area contributed by atoms with E-state index >= 15 is 0 Å². The molecule has 2 rings (SSSR count). The molecule has 21 heavy (non-hydrogen) atoms. The molecule has 1 aromatic carbocycles. The Balaban J connectivity index is 2.35. The molecule has 112 valence electrons. The van der Waals surface area contributed by atoms with Gasteiger partial charge in [0.2, 0.25) is 0 Å². The van der Waals surface area contributed by atoms with Gasteiger partial charge in [-0.25, -0.2) is 13.4 Å². The fourth-order valence-electron chi connectivity index (χ4n) is 1.59. The molecule has 1 heterocycles. The van der Waals surface area contributed by atoms with Crippen molar-refractivity contribution in [1.82, 2.24) is 4.98 Å². The summed E-state index contributed by atoms with van der Waals surface area (Å²) in [6.07, 6.45) is 1.14. The number of halogens is 2. The van der Waals surface area contributed by atoms with E-state index in [9.17, 15) is 8.42 Å². The van der Waals surface area contributed by atoms with E-state index in [1.165, 1.54) is 6.07 Å². The molecule has 0 aliphatic heterocycles. The molecule has 0 spiro atoms. The summed E-state index contributed by atoms with van der Waals surface area (Å²) in [5.41, 5.74) is 0.338. The fraction of sp³-hybridized carbons (Fsp3) is 0.154. The van der Waals surface area contributed by atoms with Crippen LogP contribution in [0, 0.1) is 0 Å². The topological polar surface area (TPSA) is 68.3 Å². The summed E-state index contributed by atoms with van der Waals surface area (Å²) in [6, 6.07) is 7.97. The van der Waals surface area contributed by atoms with Crippen molar-refractivity contribution in [2.45, 2.75) is 11.8 Å². The van der Waals surface area contributed by atoms with E-state index in [1.807, 2.05) is 6.92 Å². The van der Waals surface area contributed by atoms with Crippen molar-refractivity contribution in [3.8, 4) is 5.75 Å². The number of para-hydroxylation sites is 2. The van der Waals surface area contributed by atoms with Crippen LogP contribution in [0.4, 0.5) is 5.69 Å². The van der Waals surface area contributed by atoms with Crippen LogP contribution in [0.25, 0.3) is 0 Å². The first kappa shape index (κ1) is 15.9. The van der Waals surface area contributed by atoms with E-state index in [2.05, 4.69) is 9.71 Å². The summed E-state index contributed by atoms with van der Waals surface area (Å²) >= 11 is 11.5. The van der Waals surface area contributed by atoms with Crippen LogP contribution < -0.4 is 9.46 Å². The first-order valence-electron chi connectivity index (χ1n) is 5.99. The number of benzene rings is 1. The molecule has 0 fully saturated rings. The van der Waals surface area contributed by atoms with Crippen molar-refractivity contribution in [3.05, 3.63) is 46.7 Å². The Kier molecular flexibility index (Phi) is 4.92. The molecule has 0 atom stereocenters. The van der Waals surface area contributed by atoms with E-state index in [0.29, 0.717) is 18.0 Å². The van der Waals surface area contributed by atoms with Crippen molar-refractivity contribution in [3.63, 3.8) is 0 Å². The van der Waals surface area contributed by atoms with Gasteiger partial charge < -0.3 is 4.74 Å². The van der Waals surface area contributed by atoms with E-state index in [4.69, 9.17) is 27.9 Å². The Hall–Kier alpha value is -1.50. The highest BCUT2D eigenvalue weighted by atomic mass is 35.5. The minimum Gasteiger partial charge on any atom is -0.492 e. The molecule has 1 N–H and O–H groups in total. The van der Waals surface area contributed by atoms with E-state index < -0.39 is 10.0 Å². The van der Waals surface area contributed by atoms with Gasteiger partial charge in [0, 0.05) is 6.20 Å². The molecule has 8 heteroatoms. The Morgan fingerprint density at radius 1 is 1.29 bits per heavy atom. The van der Waals surface area contributed by atoms with E-state index in [0.717, 1.165) is 6.20 Å². The second kappa shape index (κ2) is 6.51. The van der Waals surface area contributed by atoms with Crippen LogP contribution in [0.1, 0.15) is 6.92 Å². The third-order valence-corrected chi connectivity index (χ3v) is 4.53. The maximum Gasteiger partial charge on any atom is 0.263 e. The van der Waals surface area contributed by atoms with Gasteiger partial charge in [-0.15, -0.1) is 0 Å². The number of ether oxygens (including phenoxy) is 1. The second-order valence-corrected chi connectivity index (χ2v) is 6.43. The summed E-state index contributed by atoms with van der Waals surface area (Å²) in [4.78, 5) is 3.65. The van der Waals surface area contributed by atoms with Crippen molar-refractivity contribution < 1.29 is 13.2 Å². The van der Waals surface area contributed by atoms with Crippen LogP contribution >= 0.6 is 23.2 Å². The average Bonchev–Trinajstić information content (AvgIpc) is 2.44. The Morgan fingerprint density at radius 3 is 2.67 bits per heavy atom. The van der Waals surface area contributed by atoms with Crippen LogP contribution in [0.2, 0.25) is 10.2 Å². The van der Waals surface area contributed by atoms with Gasteiger partial charge in [-0.05, 0) is 25.1 Å². The molecule has 0 aliphatic carbocycles. The van der Waals surface area contributed by atoms with Gasteiger partial charge in [0.1, 0.15) is 15.8 Å². The van der Waals surface area contributed by atoms with Gasteiger partial charge in [0.25, 0.3) is 10.0 Å². The Morgan fingerprint density at radius 2 is 2.00 bits per heavy atom. The molecule has 2 aromatic rings. The lowest BCUT2D eigenvalue weighted by Crippen LogP contribution is -2.14. The zero-order chi connectivity index (χ0) is 15.5. The largest absolute Gasteiger partial charge is 0.492 e. The first-order chi connectivity index (χ1) is 9.94. The molecule has 0 saturated carbocycles. The lowest BCUT2D eigenvalue weighted by Gasteiger charge is -2.12. The van der Waals surface area contributed by atoms with E-state index in [1.54, 1.807) is 24.3 Å². The maximum absolute atomic E-state index is 12.3. The monoisotopic (exact) mass is 346 g/mol. The molecule has 0 bridgehead atoms. The van der Waals surface area contributed by atoms with Crippen LogP contribution in [0.5, 0.6) is 5.75 Å². The number of hydrogen-bond acceptors (Lipinski definition) is 4. The highest BCUT2D eigenvalue weighted by molar-refractivity contribution is 7.92. The summed E-state index contributed by atoms with van der Waals surface area (Å²) in [6.45, 7) is 2.24. The average molecular weight is 347 g/mol. The lowest BCUT2D eigenvalue weighted by atomic mass is 10.3. The lowest BCUT2D eigenvalue weighted by molar-refractivity contribution is 0.342. The zero-order valence-electron chi connectivity index (χ0n) is 11.0. The minimum atomic E-state index is -3.83. The summed E-state index contributed by atoms with van der Waals surface area (Å²) in [5.74, 6) is 0.441. The molecule has 0 amide bonds. The highest BCUT2D eigenvalue weighted by Crippen LogP contribution is 2.28. The van der Waals surface area contributed by atoms with E-state index in [-0.39, 0.29) is 15.1 Å². The Labute approximate surface area is 132 Å². The zero-order valence-corrected chi connectivity index (χ0v) is 13.3. The van der Waals surface area contributed by atoms with Crippen molar-refractivity contribution in [2.24, 2.45) is 0 Å². The SMILES string of the molecule is CCOc1ccccc1NS(=O)(=O)c1cnc(Cl)c(Cl)c1. The fourth-order valence-corrected chi connectivity index (χ4v) is 2.96. The van der Waals surface area contributed by atoms with Crippen molar-refractivity contribution in [2.75, 3.05) is 11.3 Å². The molecule has 1 aromatic heterocycles. The maximum atomic E-state index is 12.3. The number of anilines is 1. The number of aromatic nitrogens is 1. The smallest absolute Gasteiger partial charge is 0.263 e. The third-order valence-electron chi connectivity index (χ3n) is 2.51. The number of hydrogen-bond donors (Lipinski definition) is 1. The quantitative estimate of drug-likeness (QED) is 0.840. The number of pyridine rings is 1. The van der Waals surface area contributed by atoms with Crippen LogP contribution in [-0.2, 0) is 10.0 Å². The normalized spacial score (nSPS) is 11.2. The number of rotatable bonds is 5. The van der Waals surface area contributed by atoms with Gasteiger partial charge >= 0.3 is 0 Å². The third kappa shape index (κ3) is 3.78. The molecule has 5 nitrogen and oxygen atoms in total.